The molecule has 1 unspecified atom stereocenters. The average molecular weight is 223 g/mol. The number of nitrogens with zero attached hydrogens (tertiary/aromatic N) is 2. The molecule has 3 nitrogen and oxygen atoms in total. The highest BCUT2D eigenvalue weighted by Crippen LogP contribution is 2.19. The van der Waals surface area contributed by atoms with Crippen molar-refractivity contribution in [3.8, 4) is 0 Å². The summed E-state index contributed by atoms with van der Waals surface area (Å²) in [5, 5.41) is 3.70. The van der Waals surface area contributed by atoms with Crippen LogP contribution in [0.25, 0.3) is 0 Å². The third kappa shape index (κ3) is 2.37. The summed E-state index contributed by atoms with van der Waals surface area (Å²) in [5.41, 5.74) is 6.53. The van der Waals surface area contributed by atoms with Gasteiger partial charge in [0.2, 0.25) is 0 Å². The molecule has 0 saturated carbocycles. The van der Waals surface area contributed by atoms with Crippen LogP contribution in [0, 0.1) is 5.82 Å². The lowest BCUT2D eigenvalue weighted by atomic mass is 10.1. The maximum atomic E-state index is 13.3. The van der Waals surface area contributed by atoms with E-state index in [0.717, 1.165) is 4.88 Å². The topological polar surface area (TPSA) is 51.8 Å². The Morgan fingerprint density at radius 1 is 1.40 bits per heavy atom. The van der Waals surface area contributed by atoms with Gasteiger partial charge >= 0.3 is 0 Å². The molecule has 1 heterocycles. The van der Waals surface area contributed by atoms with Gasteiger partial charge in [-0.3, -0.25) is 0 Å². The zero-order chi connectivity index (χ0) is 10.7. The lowest BCUT2D eigenvalue weighted by molar-refractivity contribution is 0.595. The second-order valence-corrected chi connectivity index (χ2v) is 4.04. The third-order valence-electron chi connectivity index (χ3n) is 2.14. The van der Waals surface area contributed by atoms with Gasteiger partial charge in [-0.2, -0.15) is 0 Å². The second-order valence-electron chi connectivity index (χ2n) is 3.22. The smallest absolute Gasteiger partial charge is 0.126 e. The Balaban J connectivity index is 2.13. The third-order valence-corrected chi connectivity index (χ3v) is 2.94. The lowest BCUT2D eigenvalue weighted by Crippen LogP contribution is -2.12. The minimum atomic E-state index is -0.234. The van der Waals surface area contributed by atoms with E-state index >= 15 is 0 Å². The Bertz CT molecular complexity index is 430. The molecule has 1 aromatic carbocycles. The largest absolute Gasteiger partial charge is 0.323 e. The van der Waals surface area contributed by atoms with Crippen molar-refractivity contribution in [2.75, 3.05) is 0 Å². The van der Waals surface area contributed by atoms with Crippen molar-refractivity contribution in [2.45, 2.75) is 12.5 Å². The van der Waals surface area contributed by atoms with Gasteiger partial charge in [0, 0.05) is 6.04 Å². The van der Waals surface area contributed by atoms with Gasteiger partial charge in [-0.05, 0) is 29.6 Å². The number of benzene rings is 1. The number of aromatic nitrogens is 2. The van der Waals surface area contributed by atoms with Crippen LogP contribution in [0.15, 0.2) is 30.5 Å². The minimum Gasteiger partial charge on any atom is -0.323 e. The van der Waals surface area contributed by atoms with Crippen LogP contribution in [0.5, 0.6) is 0 Å². The summed E-state index contributed by atoms with van der Waals surface area (Å²) in [6, 6.07) is 6.41. The monoisotopic (exact) mass is 223 g/mol. The van der Waals surface area contributed by atoms with E-state index in [4.69, 9.17) is 5.73 Å². The molecule has 0 aliphatic rings. The maximum absolute atomic E-state index is 13.3. The van der Waals surface area contributed by atoms with Crippen LogP contribution in [0.2, 0.25) is 0 Å². The Labute approximate surface area is 90.9 Å². The van der Waals surface area contributed by atoms with E-state index in [2.05, 4.69) is 9.59 Å². The molecule has 2 rings (SSSR count). The fourth-order valence-electron chi connectivity index (χ4n) is 1.34. The number of hydrogen-bond acceptors (Lipinski definition) is 4. The van der Waals surface area contributed by atoms with Crippen LogP contribution in [-0.2, 0) is 6.42 Å². The van der Waals surface area contributed by atoms with Crippen molar-refractivity contribution in [3.05, 3.63) is 46.7 Å². The van der Waals surface area contributed by atoms with E-state index in [-0.39, 0.29) is 11.9 Å². The molecule has 78 valence electrons. The normalized spacial score (nSPS) is 12.7. The minimum absolute atomic E-state index is 0.217. The molecule has 15 heavy (non-hydrogen) atoms. The Kier molecular flexibility index (Phi) is 3.03. The Hall–Kier alpha value is -1.33. The van der Waals surface area contributed by atoms with Crippen LogP contribution in [-0.4, -0.2) is 9.59 Å². The van der Waals surface area contributed by atoms with Crippen molar-refractivity contribution in [1.29, 1.82) is 0 Å². The van der Waals surface area contributed by atoms with Gasteiger partial charge in [-0.15, -0.1) is 5.10 Å². The van der Waals surface area contributed by atoms with E-state index in [9.17, 15) is 4.39 Å². The van der Waals surface area contributed by atoms with Crippen molar-refractivity contribution in [2.24, 2.45) is 5.73 Å². The predicted octanol–water partition coefficient (Wildman–Crippen LogP) is 1.92. The molecule has 2 N–H and O–H groups in total. The van der Waals surface area contributed by atoms with Gasteiger partial charge in [0.05, 0.1) is 11.1 Å². The van der Waals surface area contributed by atoms with Gasteiger partial charge in [0.1, 0.15) is 5.82 Å². The van der Waals surface area contributed by atoms with E-state index in [1.807, 2.05) is 0 Å². The molecule has 2 aromatic rings. The first kappa shape index (κ1) is 10.2. The van der Waals surface area contributed by atoms with Gasteiger partial charge in [-0.25, -0.2) is 4.39 Å². The van der Waals surface area contributed by atoms with Crippen molar-refractivity contribution in [3.63, 3.8) is 0 Å². The van der Waals surface area contributed by atoms with Crippen LogP contribution < -0.4 is 5.73 Å². The first-order chi connectivity index (χ1) is 7.27. The summed E-state index contributed by atoms with van der Waals surface area (Å²) >= 11 is 1.25. The summed E-state index contributed by atoms with van der Waals surface area (Å²) in [5.74, 6) is -0.217. The Morgan fingerprint density at radius 3 is 2.87 bits per heavy atom. The van der Waals surface area contributed by atoms with Gasteiger partial charge in [0.25, 0.3) is 0 Å². The summed E-state index contributed by atoms with van der Waals surface area (Å²) in [7, 11) is 0. The standard InChI is InChI=1S/C10H10FN3S/c11-8-4-2-1-3-7(8)5-9(12)10-6-13-14-15-10/h1-4,6,9H,5,12H2. The number of halogens is 1. The molecule has 5 heteroatoms. The fraction of sp³-hybridized carbons (Fsp3) is 0.200. The first-order valence-electron chi connectivity index (χ1n) is 4.53. The SMILES string of the molecule is NC(Cc1ccccc1F)c1cnns1. The van der Waals surface area contributed by atoms with E-state index in [0.29, 0.717) is 12.0 Å². The molecule has 0 saturated heterocycles. The van der Waals surface area contributed by atoms with Gasteiger partial charge < -0.3 is 5.73 Å². The highest BCUT2D eigenvalue weighted by molar-refractivity contribution is 7.05. The molecule has 0 bridgehead atoms. The molecular formula is C10H10FN3S. The Morgan fingerprint density at radius 2 is 2.20 bits per heavy atom. The van der Waals surface area contributed by atoms with Gasteiger partial charge in [-0.1, -0.05) is 22.7 Å². The summed E-state index contributed by atoms with van der Waals surface area (Å²) in [6.07, 6.45) is 2.09. The van der Waals surface area contributed by atoms with Crippen LogP contribution in [0.1, 0.15) is 16.5 Å². The van der Waals surface area contributed by atoms with Crippen LogP contribution >= 0.6 is 11.5 Å². The van der Waals surface area contributed by atoms with E-state index in [1.165, 1.54) is 17.6 Å². The van der Waals surface area contributed by atoms with Crippen LogP contribution in [0.3, 0.4) is 0 Å². The van der Waals surface area contributed by atoms with Crippen molar-refractivity contribution >= 4 is 11.5 Å². The first-order valence-corrected chi connectivity index (χ1v) is 5.31. The lowest BCUT2D eigenvalue weighted by Gasteiger charge is -2.08. The molecule has 1 atom stereocenters. The van der Waals surface area contributed by atoms with Crippen molar-refractivity contribution < 1.29 is 4.39 Å². The molecule has 0 radical (unpaired) electrons. The van der Waals surface area contributed by atoms with Crippen molar-refractivity contribution in [1.82, 2.24) is 9.59 Å². The molecule has 0 amide bonds. The number of hydrogen-bond donors (Lipinski definition) is 1. The quantitative estimate of drug-likeness (QED) is 0.864. The molecule has 0 aliphatic heterocycles. The summed E-state index contributed by atoms with van der Waals surface area (Å²) < 4.78 is 17.0. The molecule has 0 spiro atoms. The summed E-state index contributed by atoms with van der Waals surface area (Å²) in [6.45, 7) is 0. The predicted molar refractivity (Wildman–Crippen MR) is 56.9 cm³/mol. The highest BCUT2D eigenvalue weighted by Gasteiger charge is 2.11. The fourth-order valence-corrected chi connectivity index (χ4v) is 1.84. The van der Waals surface area contributed by atoms with Gasteiger partial charge in [0.15, 0.2) is 0 Å². The molecule has 0 fully saturated rings. The maximum Gasteiger partial charge on any atom is 0.126 e. The zero-order valence-corrected chi connectivity index (χ0v) is 8.75. The second kappa shape index (κ2) is 4.46. The summed E-state index contributed by atoms with van der Waals surface area (Å²) in [4.78, 5) is 0.873. The van der Waals surface area contributed by atoms with Crippen LogP contribution in [0.4, 0.5) is 4.39 Å². The number of nitrogens with two attached hydrogens (primary N) is 1. The zero-order valence-electron chi connectivity index (χ0n) is 7.93. The average Bonchev–Trinajstić information content (AvgIpc) is 2.74. The van der Waals surface area contributed by atoms with E-state index in [1.54, 1.807) is 24.4 Å². The highest BCUT2D eigenvalue weighted by atomic mass is 32.1. The molecule has 1 aromatic heterocycles. The van der Waals surface area contributed by atoms with E-state index < -0.39 is 0 Å². The number of rotatable bonds is 3. The molecular weight excluding hydrogens is 213 g/mol. The molecule has 0 aliphatic carbocycles.